The molecule has 20 heavy (non-hydrogen) atoms. The van der Waals surface area contributed by atoms with Crippen LogP contribution in [0.1, 0.15) is 18.9 Å². The highest BCUT2D eigenvalue weighted by Gasteiger charge is 2.37. The molecule has 0 bridgehead atoms. The Hall–Kier alpha value is -0.940. The summed E-state index contributed by atoms with van der Waals surface area (Å²) in [4.78, 5) is 16.9. The third-order valence-corrected chi connectivity index (χ3v) is 5.25. The van der Waals surface area contributed by atoms with Crippen molar-refractivity contribution in [1.29, 1.82) is 0 Å². The van der Waals surface area contributed by atoms with Crippen molar-refractivity contribution < 1.29 is 9.53 Å². The van der Waals surface area contributed by atoms with Gasteiger partial charge in [0.1, 0.15) is 11.4 Å². The Morgan fingerprint density at radius 1 is 1.45 bits per heavy atom. The monoisotopic (exact) mass is 309 g/mol. The molecule has 1 heterocycles. The number of esters is 1. The van der Waals surface area contributed by atoms with Gasteiger partial charge in [-0.25, -0.2) is 0 Å². The smallest absolute Gasteiger partial charge is 0.322 e. The van der Waals surface area contributed by atoms with E-state index in [-0.39, 0.29) is 5.97 Å². The van der Waals surface area contributed by atoms with Crippen molar-refractivity contribution in [2.24, 2.45) is 4.99 Å². The lowest BCUT2D eigenvalue weighted by Crippen LogP contribution is -2.35. The molecule has 0 aliphatic carbocycles. The maximum atomic E-state index is 12.4. The number of aliphatic imine (C=N–C) groups is 1. The van der Waals surface area contributed by atoms with Gasteiger partial charge in [-0.2, -0.15) is 0 Å². The van der Waals surface area contributed by atoms with Crippen LogP contribution in [-0.4, -0.2) is 34.3 Å². The molecule has 5 heteroatoms. The van der Waals surface area contributed by atoms with Gasteiger partial charge in [0.05, 0.1) is 5.04 Å². The average Bonchev–Trinajstić information content (AvgIpc) is 2.68. The fourth-order valence-electron chi connectivity index (χ4n) is 1.98. The van der Waals surface area contributed by atoms with Crippen molar-refractivity contribution in [2.75, 3.05) is 18.6 Å². The Balaban J connectivity index is 1.98. The van der Waals surface area contributed by atoms with Crippen molar-refractivity contribution in [2.45, 2.75) is 24.7 Å². The molecular formula is C15H19NO2S2. The number of ether oxygens (including phenoxy) is 1. The summed E-state index contributed by atoms with van der Waals surface area (Å²) >= 11 is 3.27. The molecule has 108 valence electrons. The molecule has 1 aliphatic rings. The van der Waals surface area contributed by atoms with Crippen molar-refractivity contribution in [3.8, 4) is 0 Å². The summed E-state index contributed by atoms with van der Waals surface area (Å²) in [5, 5.41) is 1.04. The van der Waals surface area contributed by atoms with Crippen LogP contribution in [0.2, 0.25) is 0 Å². The first-order valence-electron chi connectivity index (χ1n) is 6.56. The van der Waals surface area contributed by atoms with E-state index >= 15 is 0 Å². The van der Waals surface area contributed by atoms with Gasteiger partial charge in [0.2, 0.25) is 0 Å². The number of benzene rings is 1. The van der Waals surface area contributed by atoms with Crippen LogP contribution in [0.3, 0.4) is 0 Å². The van der Waals surface area contributed by atoms with Crippen molar-refractivity contribution in [3.05, 3.63) is 35.9 Å². The minimum absolute atomic E-state index is 0.144. The van der Waals surface area contributed by atoms with E-state index in [4.69, 9.17) is 4.74 Å². The lowest BCUT2D eigenvalue weighted by atomic mass is 10.1. The maximum absolute atomic E-state index is 12.4. The zero-order valence-corrected chi connectivity index (χ0v) is 13.4. The second-order valence-electron chi connectivity index (χ2n) is 4.80. The summed E-state index contributed by atoms with van der Waals surface area (Å²) in [5.74, 6) is 0.719. The first-order chi connectivity index (χ1) is 9.64. The number of rotatable bonds is 3. The molecule has 0 spiro atoms. The van der Waals surface area contributed by atoms with Crippen molar-refractivity contribution in [3.63, 3.8) is 0 Å². The summed E-state index contributed by atoms with van der Waals surface area (Å²) in [6.07, 6.45) is 2.66. The average molecular weight is 309 g/mol. The van der Waals surface area contributed by atoms with Gasteiger partial charge in [-0.1, -0.05) is 30.3 Å². The molecule has 1 aromatic rings. The predicted octanol–water partition coefficient (Wildman–Crippen LogP) is 3.39. The summed E-state index contributed by atoms with van der Waals surface area (Å²) in [6, 6.07) is 9.78. The van der Waals surface area contributed by atoms with Crippen LogP contribution in [0.25, 0.3) is 0 Å². The molecule has 0 aromatic heterocycles. The van der Waals surface area contributed by atoms with Gasteiger partial charge >= 0.3 is 5.97 Å². The number of carbonyl (C=O) groups is 1. The van der Waals surface area contributed by atoms with Gasteiger partial charge in [0, 0.05) is 18.7 Å². The Kier molecular flexibility index (Phi) is 5.54. The number of hydrogen-bond donors (Lipinski definition) is 0. The van der Waals surface area contributed by atoms with Crippen LogP contribution in [0.5, 0.6) is 0 Å². The molecule has 0 saturated heterocycles. The van der Waals surface area contributed by atoms with E-state index in [1.54, 1.807) is 23.5 Å². The zero-order valence-electron chi connectivity index (χ0n) is 11.8. The zero-order chi connectivity index (χ0) is 14.4. The highest BCUT2D eigenvalue weighted by molar-refractivity contribution is 8.13. The summed E-state index contributed by atoms with van der Waals surface area (Å²) < 4.78 is 4.97. The first kappa shape index (κ1) is 15.4. The Labute approximate surface area is 128 Å². The quantitative estimate of drug-likeness (QED) is 0.802. The van der Waals surface area contributed by atoms with Gasteiger partial charge < -0.3 is 4.74 Å². The minimum Gasteiger partial charge on any atom is -0.460 e. The van der Waals surface area contributed by atoms with Crippen molar-refractivity contribution >= 4 is 34.5 Å². The number of hydrogen-bond acceptors (Lipinski definition) is 5. The normalized spacial score (nSPS) is 22.8. The van der Waals surface area contributed by atoms with Gasteiger partial charge in [-0.15, -0.1) is 23.5 Å². The van der Waals surface area contributed by atoms with Crippen LogP contribution in [-0.2, 0) is 16.1 Å². The third kappa shape index (κ3) is 4.03. The molecule has 0 radical (unpaired) electrons. The maximum Gasteiger partial charge on any atom is 0.322 e. The molecule has 0 amide bonds. The molecule has 0 saturated carbocycles. The molecule has 0 unspecified atom stereocenters. The summed E-state index contributed by atoms with van der Waals surface area (Å²) in [7, 11) is 0. The Morgan fingerprint density at radius 2 is 2.20 bits per heavy atom. The molecule has 2 rings (SSSR count). The second-order valence-corrected chi connectivity index (χ2v) is 7.27. The van der Waals surface area contributed by atoms with Crippen LogP contribution in [0.15, 0.2) is 35.3 Å². The standard InChI is InChI=1S/C15H19NO2S2/c1-15(10-13(19-2)16-8-9-20-15)14(17)18-11-12-6-4-3-5-7-12/h3-7H,8-11H2,1-2H3/t15-/m1/s1. The highest BCUT2D eigenvalue weighted by atomic mass is 32.2. The lowest BCUT2D eigenvalue weighted by molar-refractivity contribution is -0.147. The SMILES string of the molecule is CSC1=NCCS[C@@](C)(C(=O)OCc2ccccc2)C1. The van der Waals surface area contributed by atoms with E-state index in [0.29, 0.717) is 13.0 Å². The molecular weight excluding hydrogens is 290 g/mol. The lowest BCUT2D eigenvalue weighted by Gasteiger charge is -2.25. The summed E-state index contributed by atoms with van der Waals surface area (Å²) in [5.41, 5.74) is 1.02. The number of carbonyl (C=O) groups excluding carboxylic acids is 1. The van der Waals surface area contributed by atoms with Gasteiger partial charge in [-0.05, 0) is 18.7 Å². The number of nitrogens with zero attached hydrogens (tertiary/aromatic N) is 1. The highest BCUT2D eigenvalue weighted by Crippen LogP contribution is 2.34. The van der Waals surface area contributed by atoms with E-state index in [2.05, 4.69) is 4.99 Å². The molecule has 3 nitrogen and oxygen atoms in total. The van der Waals surface area contributed by atoms with E-state index in [1.807, 2.05) is 43.5 Å². The fourth-order valence-corrected chi connectivity index (χ4v) is 3.77. The van der Waals surface area contributed by atoms with Gasteiger partial charge in [-0.3, -0.25) is 9.79 Å². The van der Waals surface area contributed by atoms with Crippen LogP contribution in [0.4, 0.5) is 0 Å². The summed E-state index contributed by atoms with van der Waals surface area (Å²) in [6.45, 7) is 3.08. The Bertz CT molecular complexity index is 490. The van der Waals surface area contributed by atoms with E-state index < -0.39 is 4.75 Å². The molecule has 1 atom stereocenters. The number of thioether (sulfide) groups is 2. The van der Waals surface area contributed by atoms with E-state index in [9.17, 15) is 4.79 Å². The first-order valence-corrected chi connectivity index (χ1v) is 8.77. The molecule has 1 aromatic carbocycles. The largest absolute Gasteiger partial charge is 0.460 e. The van der Waals surface area contributed by atoms with Crippen LogP contribution >= 0.6 is 23.5 Å². The molecule has 0 N–H and O–H groups in total. The second kappa shape index (κ2) is 7.18. The fraction of sp³-hybridized carbons (Fsp3) is 0.467. The van der Waals surface area contributed by atoms with E-state index in [1.165, 1.54) is 0 Å². The Morgan fingerprint density at radius 3 is 2.90 bits per heavy atom. The van der Waals surface area contributed by atoms with E-state index in [0.717, 1.165) is 22.9 Å². The third-order valence-electron chi connectivity index (χ3n) is 3.17. The van der Waals surface area contributed by atoms with Crippen molar-refractivity contribution in [1.82, 2.24) is 0 Å². The van der Waals surface area contributed by atoms with Crippen LogP contribution in [0, 0.1) is 0 Å². The minimum atomic E-state index is -0.521. The molecule has 1 aliphatic heterocycles. The molecule has 0 fully saturated rings. The topological polar surface area (TPSA) is 38.7 Å². The van der Waals surface area contributed by atoms with Crippen LogP contribution < -0.4 is 0 Å². The predicted molar refractivity (Wildman–Crippen MR) is 87.5 cm³/mol. The van der Waals surface area contributed by atoms with Gasteiger partial charge in [0.15, 0.2) is 0 Å². The van der Waals surface area contributed by atoms with Gasteiger partial charge in [0.25, 0.3) is 0 Å².